The summed E-state index contributed by atoms with van der Waals surface area (Å²) in [6.07, 6.45) is 5.42. The van der Waals surface area contributed by atoms with Crippen molar-refractivity contribution in [3.8, 4) is 0 Å². The highest BCUT2D eigenvalue weighted by Gasteiger charge is 2.31. The maximum Gasteiger partial charge on any atom is 0.337 e. The van der Waals surface area contributed by atoms with Crippen molar-refractivity contribution in [2.75, 3.05) is 13.2 Å². The molecule has 1 saturated carbocycles. The molecule has 2 N–H and O–H groups in total. The Morgan fingerprint density at radius 3 is 2.88 bits per heavy atom. The second kappa shape index (κ2) is 8.44. The highest BCUT2D eigenvalue weighted by Crippen LogP contribution is 2.33. The molecule has 0 amide bonds. The molecule has 0 saturated heterocycles. The molecule has 26 heavy (non-hydrogen) atoms. The van der Waals surface area contributed by atoms with Gasteiger partial charge in [-0.1, -0.05) is 6.42 Å². The van der Waals surface area contributed by atoms with Crippen LogP contribution in [0, 0.1) is 11.8 Å². The first kappa shape index (κ1) is 18.6. The standard InChI is InChI=1S/C18H23N3O4S/c1-2-25-18(24)13-10-20-15(16-19-8-9-26-16)21-14(13)11-4-3-5-12(7-6-11)17(22)23/h8-9,11-12H,2-7,10H2,1H3,(H,20,21)(H,22,23)/t11-,12-/m1/s1. The zero-order chi connectivity index (χ0) is 18.5. The molecule has 8 heteroatoms. The molecule has 3 rings (SSSR count). The van der Waals surface area contributed by atoms with Crippen molar-refractivity contribution in [2.24, 2.45) is 16.8 Å². The van der Waals surface area contributed by atoms with E-state index in [1.807, 2.05) is 5.38 Å². The molecule has 2 aliphatic rings. The van der Waals surface area contributed by atoms with Gasteiger partial charge in [-0.25, -0.2) is 9.78 Å². The maximum atomic E-state index is 12.4. The van der Waals surface area contributed by atoms with E-state index in [9.17, 15) is 14.7 Å². The van der Waals surface area contributed by atoms with Crippen molar-refractivity contribution >= 4 is 29.1 Å². The van der Waals surface area contributed by atoms with Gasteiger partial charge in [0.05, 0.1) is 24.6 Å². The largest absolute Gasteiger partial charge is 0.481 e. The average molecular weight is 377 g/mol. The van der Waals surface area contributed by atoms with Crippen molar-refractivity contribution in [2.45, 2.75) is 39.0 Å². The molecule has 1 aromatic rings. The Balaban J connectivity index is 1.84. The van der Waals surface area contributed by atoms with Gasteiger partial charge in [-0.05, 0) is 38.5 Å². The minimum atomic E-state index is -0.730. The Bertz CT molecular complexity index is 727. The lowest BCUT2D eigenvalue weighted by molar-refractivity contribution is -0.142. The number of ether oxygens (including phenoxy) is 1. The van der Waals surface area contributed by atoms with Gasteiger partial charge in [0.2, 0.25) is 0 Å². The number of hydrogen-bond donors (Lipinski definition) is 2. The highest BCUT2D eigenvalue weighted by atomic mass is 32.1. The number of carbonyl (C=O) groups is 2. The van der Waals surface area contributed by atoms with E-state index in [0.29, 0.717) is 30.9 Å². The predicted octanol–water partition coefficient (Wildman–Crippen LogP) is 2.59. The van der Waals surface area contributed by atoms with Gasteiger partial charge in [0, 0.05) is 17.3 Å². The summed E-state index contributed by atoms with van der Waals surface area (Å²) in [5.74, 6) is -0.614. The average Bonchev–Trinajstić information content (AvgIpc) is 3.05. The number of esters is 1. The first-order valence-corrected chi connectivity index (χ1v) is 9.82. The van der Waals surface area contributed by atoms with Crippen LogP contribution >= 0.6 is 11.3 Å². The molecule has 2 heterocycles. The monoisotopic (exact) mass is 377 g/mol. The first-order valence-electron chi connectivity index (χ1n) is 8.94. The van der Waals surface area contributed by atoms with Gasteiger partial charge in [0.25, 0.3) is 0 Å². The number of carboxylic acid groups (broad SMARTS) is 1. The van der Waals surface area contributed by atoms with E-state index in [1.54, 1.807) is 13.1 Å². The number of hydrogen-bond acceptors (Lipinski definition) is 7. The number of allylic oxidation sites excluding steroid dienone is 1. The minimum Gasteiger partial charge on any atom is -0.481 e. The fourth-order valence-corrected chi connectivity index (χ4v) is 4.13. The number of nitrogens with zero attached hydrogens (tertiary/aromatic N) is 2. The Hall–Kier alpha value is -2.22. The summed E-state index contributed by atoms with van der Waals surface area (Å²) in [6.45, 7) is 2.35. The Kier molecular flexibility index (Phi) is 6.03. The van der Waals surface area contributed by atoms with Gasteiger partial charge in [-0.2, -0.15) is 0 Å². The van der Waals surface area contributed by atoms with Gasteiger partial charge in [0.15, 0.2) is 10.8 Å². The zero-order valence-corrected chi connectivity index (χ0v) is 15.6. The number of thiazole rings is 1. The zero-order valence-electron chi connectivity index (χ0n) is 14.7. The molecule has 1 aromatic heterocycles. The Morgan fingerprint density at radius 2 is 2.19 bits per heavy atom. The van der Waals surface area contributed by atoms with Gasteiger partial charge in [-0.15, -0.1) is 11.3 Å². The number of amidine groups is 1. The molecule has 1 aliphatic heterocycles. The van der Waals surface area contributed by atoms with E-state index >= 15 is 0 Å². The van der Waals surface area contributed by atoms with Crippen LogP contribution in [0.3, 0.4) is 0 Å². The van der Waals surface area contributed by atoms with Crippen LogP contribution in [-0.4, -0.2) is 41.0 Å². The summed E-state index contributed by atoms with van der Waals surface area (Å²) in [7, 11) is 0. The lowest BCUT2D eigenvalue weighted by atomic mass is 9.91. The smallest absolute Gasteiger partial charge is 0.337 e. The number of aliphatic carboxylic acids is 1. The molecule has 2 atom stereocenters. The second-order valence-corrected chi connectivity index (χ2v) is 7.37. The van der Waals surface area contributed by atoms with E-state index in [2.05, 4.69) is 15.3 Å². The second-order valence-electron chi connectivity index (χ2n) is 6.48. The fraction of sp³-hybridized carbons (Fsp3) is 0.556. The summed E-state index contributed by atoms with van der Waals surface area (Å²) >= 11 is 1.49. The van der Waals surface area contributed by atoms with Gasteiger partial charge >= 0.3 is 11.9 Å². The van der Waals surface area contributed by atoms with Gasteiger partial charge in [0.1, 0.15) is 0 Å². The third-order valence-corrected chi connectivity index (χ3v) is 5.64. The van der Waals surface area contributed by atoms with Crippen molar-refractivity contribution in [3.63, 3.8) is 0 Å². The molecule has 7 nitrogen and oxygen atoms in total. The van der Waals surface area contributed by atoms with E-state index in [4.69, 9.17) is 4.74 Å². The molecular weight excluding hydrogens is 354 g/mol. The molecule has 0 aromatic carbocycles. The van der Waals surface area contributed by atoms with Crippen LogP contribution in [0.25, 0.3) is 0 Å². The number of aromatic nitrogens is 1. The molecule has 1 aliphatic carbocycles. The number of carboxylic acids is 1. The molecule has 0 bridgehead atoms. The van der Waals surface area contributed by atoms with Crippen molar-refractivity contribution in [1.29, 1.82) is 0 Å². The van der Waals surface area contributed by atoms with Crippen molar-refractivity contribution < 1.29 is 19.4 Å². The number of carbonyl (C=O) groups excluding carboxylic acids is 1. The number of rotatable bonds is 5. The summed E-state index contributed by atoms with van der Waals surface area (Å²) < 4.78 is 5.21. The van der Waals surface area contributed by atoms with Crippen LogP contribution in [0.2, 0.25) is 0 Å². The fourth-order valence-electron chi connectivity index (χ4n) is 3.53. The summed E-state index contributed by atoms with van der Waals surface area (Å²) in [5.41, 5.74) is 1.38. The predicted molar refractivity (Wildman–Crippen MR) is 98.0 cm³/mol. The van der Waals surface area contributed by atoms with Crippen LogP contribution in [0.15, 0.2) is 27.8 Å². The summed E-state index contributed by atoms with van der Waals surface area (Å²) in [6, 6.07) is 0. The summed E-state index contributed by atoms with van der Waals surface area (Å²) in [5, 5.41) is 15.3. The third-order valence-electron chi connectivity index (χ3n) is 4.86. The lowest BCUT2D eigenvalue weighted by Gasteiger charge is -2.26. The van der Waals surface area contributed by atoms with Crippen LogP contribution in [0.5, 0.6) is 0 Å². The third kappa shape index (κ3) is 4.12. The van der Waals surface area contributed by atoms with Crippen LogP contribution in [0.4, 0.5) is 0 Å². The van der Waals surface area contributed by atoms with Gasteiger partial charge in [-0.3, -0.25) is 9.79 Å². The highest BCUT2D eigenvalue weighted by molar-refractivity contribution is 7.11. The molecule has 1 fully saturated rings. The van der Waals surface area contributed by atoms with E-state index < -0.39 is 5.97 Å². The molecule has 0 spiro atoms. The van der Waals surface area contributed by atoms with Crippen LogP contribution in [0.1, 0.15) is 44.0 Å². The maximum absolute atomic E-state index is 12.4. The Morgan fingerprint density at radius 1 is 1.35 bits per heavy atom. The van der Waals surface area contributed by atoms with Crippen LogP contribution < -0.4 is 5.32 Å². The topological polar surface area (TPSA) is 101 Å². The lowest BCUT2D eigenvalue weighted by Crippen LogP contribution is -2.35. The Labute approximate surface area is 156 Å². The minimum absolute atomic E-state index is 0.101. The normalized spacial score (nSPS) is 23.7. The SMILES string of the molecule is CCOC(=O)C1=C([C@@H]2CCC[C@@H](C(=O)O)CC2)NC(c2nccs2)=NC1. The van der Waals surface area contributed by atoms with Crippen molar-refractivity contribution in [3.05, 3.63) is 27.9 Å². The first-order chi connectivity index (χ1) is 12.6. The molecular formula is C18H23N3O4S. The van der Waals surface area contributed by atoms with Gasteiger partial charge < -0.3 is 15.2 Å². The van der Waals surface area contributed by atoms with Crippen LogP contribution in [-0.2, 0) is 14.3 Å². The molecule has 0 radical (unpaired) electrons. The molecule has 0 unspecified atom stereocenters. The van der Waals surface area contributed by atoms with E-state index in [0.717, 1.165) is 30.0 Å². The number of aliphatic imine (C=N–C) groups is 1. The van der Waals surface area contributed by atoms with Crippen molar-refractivity contribution in [1.82, 2.24) is 10.3 Å². The molecule has 140 valence electrons. The van der Waals surface area contributed by atoms with E-state index in [-0.39, 0.29) is 24.3 Å². The quantitative estimate of drug-likeness (QED) is 0.604. The van der Waals surface area contributed by atoms with E-state index in [1.165, 1.54) is 11.3 Å². The summed E-state index contributed by atoms with van der Waals surface area (Å²) in [4.78, 5) is 32.5. The number of nitrogens with one attached hydrogen (secondary N) is 1.